The van der Waals surface area contributed by atoms with Gasteiger partial charge in [0.05, 0.1) is 39.9 Å². The lowest BCUT2D eigenvalue weighted by Gasteiger charge is -2.29. The van der Waals surface area contributed by atoms with Crippen LogP contribution in [0.25, 0.3) is 10.4 Å². The number of β-amino-alcohol motifs (C(OH)–C–C–N with tert-alkyl or cyclic N) is 1. The molecule has 44 heavy (non-hydrogen) atoms. The molecule has 1 aliphatic carbocycles. The van der Waals surface area contributed by atoms with E-state index in [-0.39, 0.29) is 49.3 Å². The number of aliphatic carboxylic acids is 1. The van der Waals surface area contributed by atoms with E-state index in [0.717, 1.165) is 21.7 Å². The average Bonchev–Trinajstić information content (AvgIpc) is 3.72. The number of nitrogens with one attached hydrogen (secondary N) is 1. The van der Waals surface area contributed by atoms with Gasteiger partial charge >= 0.3 is 5.97 Å². The third kappa shape index (κ3) is 6.96. The molecular weight excluding hydrogens is 584 g/mol. The number of nitrogens with zero attached hydrogens (tertiary/aromatic N) is 3. The predicted molar refractivity (Wildman–Crippen MR) is 163 cm³/mol. The largest absolute Gasteiger partial charge is 0.490 e. The van der Waals surface area contributed by atoms with Crippen molar-refractivity contribution in [2.24, 2.45) is 11.8 Å². The quantitative estimate of drug-likeness (QED) is 0.297. The molecule has 3 atom stereocenters. The Hall–Kier alpha value is -3.77. The van der Waals surface area contributed by atoms with E-state index in [9.17, 15) is 24.6 Å². The summed E-state index contributed by atoms with van der Waals surface area (Å²) in [6, 6.07) is 6.74. The van der Waals surface area contributed by atoms with Crippen LogP contribution in [0, 0.1) is 25.7 Å². The topological polar surface area (TPSA) is 155 Å². The van der Waals surface area contributed by atoms with E-state index in [2.05, 4.69) is 15.5 Å². The van der Waals surface area contributed by atoms with Crippen LogP contribution in [0.4, 0.5) is 0 Å². The zero-order valence-electron chi connectivity index (χ0n) is 25.5. The van der Waals surface area contributed by atoms with Crippen molar-refractivity contribution < 1.29 is 33.9 Å². The van der Waals surface area contributed by atoms with Crippen molar-refractivity contribution in [3.05, 3.63) is 52.5 Å². The van der Waals surface area contributed by atoms with Gasteiger partial charge in [0.2, 0.25) is 11.8 Å². The number of carbonyl (C=O) groups is 3. The van der Waals surface area contributed by atoms with Crippen LogP contribution in [-0.4, -0.2) is 67.8 Å². The Morgan fingerprint density at radius 2 is 1.91 bits per heavy atom. The van der Waals surface area contributed by atoms with Crippen LogP contribution in [0.2, 0.25) is 0 Å². The second kappa shape index (κ2) is 13.5. The number of aromatic nitrogens is 2. The SMILES string of the molecule is Cc1cc(C(C(=O)N2C[C@H](O)C[C@H]2C(=O)NCc2ccc(-c3scnc3C)cc2OC2CCC(C(=O)O)CC2)C(C)C)on1. The number of carbonyl (C=O) groups excluding carboxylic acids is 2. The van der Waals surface area contributed by atoms with Crippen LogP contribution in [0.5, 0.6) is 5.75 Å². The number of hydrogen-bond acceptors (Lipinski definition) is 9. The summed E-state index contributed by atoms with van der Waals surface area (Å²) in [5.41, 5.74) is 5.08. The van der Waals surface area contributed by atoms with Gasteiger partial charge < -0.3 is 29.7 Å². The number of rotatable bonds is 10. The Morgan fingerprint density at radius 3 is 2.52 bits per heavy atom. The van der Waals surface area contributed by atoms with E-state index in [0.29, 0.717) is 42.9 Å². The van der Waals surface area contributed by atoms with Crippen molar-refractivity contribution in [3.8, 4) is 16.2 Å². The molecule has 1 saturated carbocycles. The molecule has 0 bridgehead atoms. The number of ether oxygens (including phenoxy) is 1. The molecule has 12 heteroatoms. The van der Waals surface area contributed by atoms with Crippen molar-refractivity contribution >= 4 is 29.1 Å². The predicted octanol–water partition coefficient (Wildman–Crippen LogP) is 4.45. The number of carboxylic acids is 1. The van der Waals surface area contributed by atoms with Gasteiger partial charge in [-0.1, -0.05) is 31.1 Å². The van der Waals surface area contributed by atoms with Gasteiger partial charge in [-0.05, 0) is 57.1 Å². The number of hydrogen-bond donors (Lipinski definition) is 3. The first-order valence-corrected chi connectivity index (χ1v) is 16.0. The number of aliphatic hydroxyl groups is 1. The molecule has 2 fully saturated rings. The van der Waals surface area contributed by atoms with Gasteiger partial charge in [-0.25, -0.2) is 4.98 Å². The van der Waals surface area contributed by atoms with Gasteiger partial charge in [0.25, 0.3) is 0 Å². The molecular formula is C32H40N4O7S. The van der Waals surface area contributed by atoms with Crippen LogP contribution in [-0.2, 0) is 20.9 Å². The van der Waals surface area contributed by atoms with Crippen molar-refractivity contribution in [3.63, 3.8) is 0 Å². The second-order valence-electron chi connectivity index (χ2n) is 12.2. The molecule has 1 unspecified atom stereocenters. The van der Waals surface area contributed by atoms with Gasteiger partial charge in [0, 0.05) is 31.1 Å². The average molecular weight is 625 g/mol. The molecule has 0 radical (unpaired) electrons. The van der Waals surface area contributed by atoms with Gasteiger partial charge in [0.1, 0.15) is 23.5 Å². The second-order valence-corrected chi connectivity index (χ2v) is 13.1. The minimum absolute atomic E-state index is 0.0591. The zero-order chi connectivity index (χ0) is 31.5. The van der Waals surface area contributed by atoms with Crippen LogP contribution < -0.4 is 10.1 Å². The fourth-order valence-corrected chi connectivity index (χ4v) is 6.99. The van der Waals surface area contributed by atoms with E-state index in [1.807, 2.05) is 39.0 Å². The van der Waals surface area contributed by atoms with E-state index in [1.165, 1.54) is 16.2 Å². The molecule has 11 nitrogen and oxygen atoms in total. The molecule has 3 heterocycles. The molecule has 2 amide bonds. The Labute approximate surface area is 260 Å². The molecule has 5 rings (SSSR count). The monoisotopic (exact) mass is 624 g/mol. The highest BCUT2D eigenvalue weighted by molar-refractivity contribution is 7.13. The van der Waals surface area contributed by atoms with Crippen molar-refractivity contribution in [2.45, 2.75) is 90.5 Å². The highest BCUT2D eigenvalue weighted by Gasteiger charge is 2.43. The number of benzene rings is 1. The van der Waals surface area contributed by atoms with Crippen LogP contribution >= 0.6 is 11.3 Å². The molecule has 1 saturated heterocycles. The first-order chi connectivity index (χ1) is 21.0. The molecule has 2 aliphatic rings. The number of thiazole rings is 1. The Kier molecular flexibility index (Phi) is 9.69. The van der Waals surface area contributed by atoms with Gasteiger partial charge in [-0.2, -0.15) is 0 Å². The van der Waals surface area contributed by atoms with E-state index in [4.69, 9.17) is 9.26 Å². The maximum absolute atomic E-state index is 13.7. The molecule has 1 aliphatic heterocycles. The van der Waals surface area contributed by atoms with Gasteiger partial charge in [0.15, 0.2) is 0 Å². The minimum atomic E-state index is -0.836. The Bertz CT molecular complexity index is 1490. The maximum Gasteiger partial charge on any atom is 0.306 e. The number of likely N-dealkylation sites (tertiary alicyclic amines) is 1. The van der Waals surface area contributed by atoms with Crippen molar-refractivity contribution in [2.75, 3.05) is 6.54 Å². The highest BCUT2D eigenvalue weighted by atomic mass is 32.1. The zero-order valence-corrected chi connectivity index (χ0v) is 26.3. The van der Waals surface area contributed by atoms with Crippen LogP contribution in [0.15, 0.2) is 34.3 Å². The summed E-state index contributed by atoms with van der Waals surface area (Å²) >= 11 is 1.54. The third-order valence-corrected chi connectivity index (χ3v) is 9.57. The number of amides is 2. The summed E-state index contributed by atoms with van der Waals surface area (Å²) in [6.07, 6.45) is 1.55. The summed E-state index contributed by atoms with van der Waals surface area (Å²) in [5, 5.41) is 26.8. The summed E-state index contributed by atoms with van der Waals surface area (Å²) in [6.45, 7) is 7.77. The van der Waals surface area contributed by atoms with E-state index < -0.39 is 24.0 Å². The van der Waals surface area contributed by atoms with Crippen molar-refractivity contribution in [1.29, 1.82) is 0 Å². The molecule has 1 aromatic carbocycles. The fraction of sp³-hybridized carbons (Fsp3) is 0.531. The fourth-order valence-electron chi connectivity index (χ4n) is 6.19. The first kappa shape index (κ1) is 31.6. The van der Waals surface area contributed by atoms with Crippen LogP contribution in [0.1, 0.15) is 74.6 Å². The lowest BCUT2D eigenvalue weighted by molar-refractivity contribution is -0.143. The molecule has 2 aromatic heterocycles. The standard InChI is InChI=1S/C32H40N4O7S/c1-17(2)28(27-11-18(3)35-43-27)31(39)36-15-23(37)13-25(36)30(38)33-14-22-6-5-21(29-19(4)34-16-44-29)12-26(22)42-24-9-7-20(8-10-24)32(40)41/h5-6,11-12,16-17,20,23-25,28,37H,7-10,13-15H2,1-4H3,(H,33,38)(H,40,41)/t20?,23-,24?,25+,28?/m1/s1. The Balaban J connectivity index is 1.32. The normalized spacial score (nSPS) is 22.6. The number of aryl methyl sites for hydroxylation is 2. The maximum atomic E-state index is 13.7. The van der Waals surface area contributed by atoms with Gasteiger partial charge in [-0.3, -0.25) is 14.4 Å². The highest BCUT2D eigenvalue weighted by Crippen LogP contribution is 2.35. The minimum Gasteiger partial charge on any atom is -0.490 e. The lowest BCUT2D eigenvalue weighted by Crippen LogP contribution is -2.48. The first-order valence-electron chi connectivity index (χ1n) is 15.1. The molecule has 236 valence electrons. The summed E-state index contributed by atoms with van der Waals surface area (Å²) in [5.74, 6) is -1.43. The van der Waals surface area contributed by atoms with E-state index >= 15 is 0 Å². The Morgan fingerprint density at radius 1 is 1.16 bits per heavy atom. The van der Waals surface area contributed by atoms with E-state index in [1.54, 1.807) is 18.5 Å². The molecule has 3 aromatic rings. The van der Waals surface area contributed by atoms with Gasteiger partial charge in [-0.15, -0.1) is 11.3 Å². The lowest BCUT2D eigenvalue weighted by atomic mass is 9.87. The number of aliphatic hydroxyl groups excluding tert-OH is 1. The molecule has 3 N–H and O–H groups in total. The molecule has 0 spiro atoms. The smallest absolute Gasteiger partial charge is 0.306 e. The van der Waals surface area contributed by atoms with Crippen LogP contribution in [0.3, 0.4) is 0 Å². The summed E-state index contributed by atoms with van der Waals surface area (Å²) < 4.78 is 11.9. The van der Waals surface area contributed by atoms with Crippen molar-refractivity contribution in [1.82, 2.24) is 20.4 Å². The summed E-state index contributed by atoms with van der Waals surface area (Å²) in [7, 11) is 0. The third-order valence-electron chi connectivity index (χ3n) is 8.60. The summed E-state index contributed by atoms with van der Waals surface area (Å²) in [4.78, 5) is 45.6. The number of carboxylic acid groups (broad SMARTS) is 1.